The van der Waals surface area contributed by atoms with Gasteiger partial charge in [0.1, 0.15) is 5.75 Å². The monoisotopic (exact) mass is 247 g/mol. The van der Waals surface area contributed by atoms with Crippen LogP contribution in [0.3, 0.4) is 0 Å². The zero-order chi connectivity index (χ0) is 12.8. The number of benzene rings is 1. The molecule has 2 N–H and O–H groups in total. The Balaban J connectivity index is 1.83. The Morgan fingerprint density at radius 1 is 1.44 bits per heavy atom. The summed E-state index contributed by atoms with van der Waals surface area (Å²) < 4.78 is 5.60. The van der Waals surface area contributed by atoms with Gasteiger partial charge >= 0.3 is 0 Å². The number of hydrogen-bond donors (Lipinski definition) is 2. The van der Waals surface area contributed by atoms with Crippen molar-refractivity contribution in [2.45, 2.75) is 26.3 Å². The summed E-state index contributed by atoms with van der Waals surface area (Å²) in [5, 5.41) is 6.60. The van der Waals surface area contributed by atoms with Gasteiger partial charge in [-0.3, -0.25) is 4.99 Å². The topological polar surface area (TPSA) is 45.6 Å². The molecule has 1 aromatic carbocycles. The Bertz CT molecular complexity index is 417. The van der Waals surface area contributed by atoms with E-state index in [0.717, 1.165) is 31.2 Å². The maximum absolute atomic E-state index is 5.60. The number of nitrogens with one attached hydrogen (secondary N) is 2. The first-order chi connectivity index (χ1) is 8.79. The van der Waals surface area contributed by atoms with E-state index in [-0.39, 0.29) is 0 Å². The second kappa shape index (κ2) is 6.28. The summed E-state index contributed by atoms with van der Waals surface area (Å²) in [5.41, 5.74) is 1.23. The third-order valence-electron chi connectivity index (χ3n) is 2.87. The zero-order valence-corrected chi connectivity index (χ0v) is 11.1. The first-order valence-electron chi connectivity index (χ1n) is 6.55. The third-order valence-corrected chi connectivity index (χ3v) is 2.87. The molecule has 0 amide bonds. The number of rotatable bonds is 5. The van der Waals surface area contributed by atoms with Crippen molar-refractivity contribution in [2.75, 3.05) is 19.7 Å². The van der Waals surface area contributed by atoms with Crippen molar-refractivity contribution in [3.8, 4) is 5.75 Å². The molecule has 1 aliphatic rings. The van der Waals surface area contributed by atoms with Gasteiger partial charge in [-0.1, -0.05) is 18.2 Å². The largest absolute Gasteiger partial charge is 0.494 e. The molecule has 1 aromatic rings. The predicted molar refractivity (Wildman–Crippen MR) is 74.2 cm³/mol. The lowest BCUT2D eigenvalue weighted by Crippen LogP contribution is -2.38. The van der Waals surface area contributed by atoms with Gasteiger partial charge in [0.15, 0.2) is 5.96 Å². The number of guanidine groups is 1. The van der Waals surface area contributed by atoms with Crippen LogP contribution in [0.15, 0.2) is 29.3 Å². The van der Waals surface area contributed by atoms with Crippen LogP contribution in [0.25, 0.3) is 0 Å². The van der Waals surface area contributed by atoms with Crippen molar-refractivity contribution >= 4 is 5.96 Å². The summed E-state index contributed by atoms with van der Waals surface area (Å²) >= 11 is 0. The Kier molecular flexibility index (Phi) is 4.45. The molecule has 0 bridgehead atoms. The highest BCUT2D eigenvalue weighted by molar-refractivity contribution is 5.81. The molecule has 0 fully saturated rings. The molecule has 1 unspecified atom stereocenters. The second-order valence-corrected chi connectivity index (χ2v) is 4.45. The molecule has 1 aliphatic heterocycles. The van der Waals surface area contributed by atoms with Crippen LogP contribution < -0.4 is 15.4 Å². The van der Waals surface area contributed by atoms with Crippen molar-refractivity contribution in [1.82, 2.24) is 10.6 Å². The average Bonchev–Trinajstić information content (AvgIpc) is 2.78. The highest BCUT2D eigenvalue weighted by Gasteiger charge is 2.11. The maximum atomic E-state index is 5.60. The second-order valence-electron chi connectivity index (χ2n) is 4.45. The fourth-order valence-corrected chi connectivity index (χ4v) is 1.98. The Labute approximate surface area is 108 Å². The lowest BCUT2D eigenvalue weighted by molar-refractivity contribution is 0.336. The van der Waals surface area contributed by atoms with Crippen LogP contribution in [0.2, 0.25) is 0 Å². The highest BCUT2D eigenvalue weighted by Crippen LogP contribution is 2.17. The Hall–Kier alpha value is -1.71. The number of ether oxygens (including phenoxy) is 1. The quantitative estimate of drug-likeness (QED) is 0.830. The van der Waals surface area contributed by atoms with Gasteiger partial charge in [-0.15, -0.1) is 0 Å². The van der Waals surface area contributed by atoms with Crippen LogP contribution in [0.1, 0.15) is 19.4 Å². The third kappa shape index (κ3) is 3.39. The highest BCUT2D eigenvalue weighted by atomic mass is 16.5. The lowest BCUT2D eigenvalue weighted by Gasteiger charge is -2.11. The van der Waals surface area contributed by atoms with E-state index < -0.39 is 0 Å². The van der Waals surface area contributed by atoms with Crippen molar-refractivity contribution in [3.63, 3.8) is 0 Å². The first-order valence-corrected chi connectivity index (χ1v) is 6.55. The smallest absolute Gasteiger partial charge is 0.191 e. The van der Waals surface area contributed by atoms with Crippen LogP contribution in [-0.4, -0.2) is 31.7 Å². The zero-order valence-electron chi connectivity index (χ0n) is 11.1. The van der Waals surface area contributed by atoms with E-state index in [0.29, 0.717) is 12.6 Å². The molecular formula is C14H21N3O. The maximum Gasteiger partial charge on any atom is 0.191 e. The number of nitrogens with zero attached hydrogens (tertiary/aromatic N) is 1. The number of para-hydroxylation sites is 1. The van der Waals surface area contributed by atoms with E-state index in [9.17, 15) is 0 Å². The van der Waals surface area contributed by atoms with E-state index in [1.165, 1.54) is 5.56 Å². The van der Waals surface area contributed by atoms with E-state index in [4.69, 9.17) is 4.74 Å². The van der Waals surface area contributed by atoms with Crippen LogP contribution in [0.5, 0.6) is 5.75 Å². The van der Waals surface area contributed by atoms with Gasteiger partial charge in [-0.25, -0.2) is 0 Å². The van der Waals surface area contributed by atoms with E-state index in [2.05, 4.69) is 28.6 Å². The summed E-state index contributed by atoms with van der Waals surface area (Å²) in [6.45, 7) is 6.56. The van der Waals surface area contributed by atoms with Gasteiger partial charge < -0.3 is 15.4 Å². The van der Waals surface area contributed by atoms with Crippen LogP contribution in [0, 0.1) is 0 Å². The summed E-state index contributed by atoms with van der Waals surface area (Å²) in [6.07, 6.45) is 0.936. The molecule has 98 valence electrons. The summed E-state index contributed by atoms with van der Waals surface area (Å²) in [5.74, 6) is 1.90. The van der Waals surface area contributed by atoms with Gasteiger partial charge in [0.05, 0.1) is 13.2 Å². The molecule has 1 heterocycles. The van der Waals surface area contributed by atoms with Crippen molar-refractivity contribution in [2.24, 2.45) is 4.99 Å². The molecule has 1 atom stereocenters. The predicted octanol–water partition coefficient (Wildman–Crippen LogP) is 1.57. The molecule has 0 saturated carbocycles. The minimum absolute atomic E-state index is 0.447. The van der Waals surface area contributed by atoms with Crippen molar-refractivity contribution in [1.29, 1.82) is 0 Å². The molecule has 0 radical (unpaired) electrons. The molecule has 2 rings (SSSR count). The summed E-state index contributed by atoms with van der Waals surface area (Å²) in [6, 6.07) is 8.63. The molecule has 18 heavy (non-hydrogen) atoms. The SMILES string of the molecule is CCOc1ccccc1CCNC1=NCC(C)N1. The van der Waals surface area contributed by atoms with Crippen LogP contribution >= 0.6 is 0 Å². The minimum Gasteiger partial charge on any atom is -0.494 e. The summed E-state index contributed by atoms with van der Waals surface area (Å²) in [4.78, 5) is 4.37. The molecule has 0 aliphatic carbocycles. The molecular weight excluding hydrogens is 226 g/mol. The van der Waals surface area contributed by atoms with E-state index in [1.807, 2.05) is 25.1 Å². The molecule has 0 saturated heterocycles. The van der Waals surface area contributed by atoms with Gasteiger partial charge in [0, 0.05) is 12.6 Å². The molecule has 4 nitrogen and oxygen atoms in total. The van der Waals surface area contributed by atoms with Crippen LogP contribution in [0.4, 0.5) is 0 Å². The van der Waals surface area contributed by atoms with Gasteiger partial charge in [0.25, 0.3) is 0 Å². The Morgan fingerprint density at radius 2 is 2.28 bits per heavy atom. The van der Waals surface area contributed by atoms with Gasteiger partial charge in [-0.05, 0) is 31.9 Å². The fraction of sp³-hybridized carbons (Fsp3) is 0.500. The van der Waals surface area contributed by atoms with Crippen LogP contribution in [-0.2, 0) is 6.42 Å². The van der Waals surface area contributed by atoms with E-state index >= 15 is 0 Å². The minimum atomic E-state index is 0.447. The Morgan fingerprint density at radius 3 is 3.00 bits per heavy atom. The molecule has 4 heteroatoms. The number of aliphatic imine (C=N–C) groups is 1. The lowest BCUT2D eigenvalue weighted by atomic mass is 10.1. The first kappa shape index (κ1) is 12.7. The normalized spacial score (nSPS) is 18.1. The summed E-state index contributed by atoms with van der Waals surface area (Å²) in [7, 11) is 0. The van der Waals surface area contributed by atoms with Gasteiger partial charge in [0.2, 0.25) is 0 Å². The molecule has 0 spiro atoms. The van der Waals surface area contributed by atoms with E-state index in [1.54, 1.807) is 0 Å². The van der Waals surface area contributed by atoms with Gasteiger partial charge in [-0.2, -0.15) is 0 Å². The molecule has 0 aromatic heterocycles. The average molecular weight is 247 g/mol. The number of hydrogen-bond acceptors (Lipinski definition) is 4. The van der Waals surface area contributed by atoms with Crippen molar-refractivity contribution in [3.05, 3.63) is 29.8 Å². The van der Waals surface area contributed by atoms with Crippen molar-refractivity contribution < 1.29 is 4.74 Å². The standard InChI is InChI=1S/C14H21N3O/c1-3-18-13-7-5-4-6-12(13)8-9-15-14-16-10-11(2)17-14/h4-7,11H,3,8-10H2,1-2H3,(H2,15,16,17). The fourth-order valence-electron chi connectivity index (χ4n) is 1.98.